The van der Waals surface area contributed by atoms with E-state index in [4.69, 9.17) is 21.1 Å². The van der Waals surface area contributed by atoms with Crippen LogP contribution < -0.4 is 0 Å². The molecule has 0 atom stereocenters. The van der Waals surface area contributed by atoms with Crippen molar-refractivity contribution in [1.82, 2.24) is 4.98 Å². The fourth-order valence-corrected chi connectivity index (χ4v) is 2.96. The molecule has 0 aliphatic heterocycles. The van der Waals surface area contributed by atoms with Gasteiger partial charge in [-0.15, -0.1) is 0 Å². The maximum Gasteiger partial charge on any atom is 0.335 e. The summed E-state index contributed by atoms with van der Waals surface area (Å²) < 4.78 is 5.77. The summed E-state index contributed by atoms with van der Waals surface area (Å²) in [6, 6.07) is 20.1. The molecule has 0 amide bonds. The molecule has 4 nitrogen and oxygen atoms in total. The van der Waals surface area contributed by atoms with Crippen molar-refractivity contribution in [3.05, 3.63) is 88.4 Å². The summed E-state index contributed by atoms with van der Waals surface area (Å²) in [5.41, 5.74) is 4.39. The van der Waals surface area contributed by atoms with Crippen molar-refractivity contribution in [1.29, 1.82) is 0 Å². The predicted octanol–water partition coefficient (Wildman–Crippen LogP) is 6.02. The lowest BCUT2D eigenvalue weighted by Gasteiger charge is -2.01. The number of hydrogen-bond acceptors (Lipinski definition) is 3. The molecular formula is C22H14ClNO3. The third-order valence-corrected chi connectivity index (χ3v) is 4.48. The smallest absolute Gasteiger partial charge is 0.335 e. The van der Waals surface area contributed by atoms with E-state index in [0.29, 0.717) is 10.9 Å². The number of rotatable bonds is 4. The number of aromatic nitrogens is 1. The van der Waals surface area contributed by atoms with E-state index in [9.17, 15) is 4.79 Å². The largest absolute Gasteiger partial charge is 0.478 e. The maximum absolute atomic E-state index is 11.0. The molecule has 0 aliphatic carbocycles. The first-order chi connectivity index (χ1) is 13.1. The molecule has 0 aliphatic rings. The number of nitrogens with zero attached hydrogens (tertiary/aromatic N) is 1. The third kappa shape index (κ3) is 3.61. The lowest BCUT2D eigenvalue weighted by molar-refractivity contribution is 0.0697. The molecule has 3 aromatic carbocycles. The molecule has 0 radical (unpaired) electrons. The van der Waals surface area contributed by atoms with Crippen LogP contribution in [0.25, 0.3) is 34.7 Å². The number of oxazole rings is 1. The van der Waals surface area contributed by atoms with Crippen LogP contribution in [-0.2, 0) is 0 Å². The Morgan fingerprint density at radius 3 is 2.48 bits per heavy atom. The molecule has 0 bridgehead atoms. The summed E-state index contributed by atoms with van der Waals surface area (Å²) in [6.07, 6.45) is 3.76. The Bertz CT molecular complexity index is 1130. The van der Waals surface area contributed by atoms with E-state index >= 15 is 0 Å². The van der Waals surface area contributed by atoms with Crippen LogP contribution in [0.5, 0.6) is 0 Å². The number of hydrogen-bond donors (Lipinski definition) is 1. The lowest BCUT2D eigenvalue weighted by atomic mass is 10.1. The van der Waals surface area contributed by atoms with E-state index < -0.39 is 5.97 Å². The van der Waals surface area contributed by atoms with Crippen LogP contribution in [0.2, 0.25) is 5.02 Å². The number of carbonyl (C=O) groups is 1. The minimum Gasteiger partial charge on any atom is -0.478 e. The summed E-state index contributed by atoms with van der Waals surface area (Å²) in [5, 5.41) is 9.38. The Morgan fingerprint density at radius 2 is 1.78 bits per heavy atom. The molecule has 4 rings (SSSR count). The topological polar surface area (TPSA) is 63.3 Å². The minimum atomic E-state index is -0.998. The molecule has 4 aromatic rings. The highest BCUT2D eigenvalue weighted by atomic mass is 35.5. The summed E-state index contributed by atoms with van der Waals surface area (Å²) in [7, 11) is 0. The summed E-state index contributed by atoms with van der Waals surface area (Å²) in [5.74, 6) is -0.416. The van der Waals surface area contributed by atoms with Gasteiger partial charge in [0.25, 0.3) is 0 Å². The van der Waals surface area contributed by atoms with Crippen molar-refractivity contribution in [3.63, 3.8) is 0 Å². The van der Waals surface area contributed by atoms with Crippen LogP contribution in [0.1, 0.15) is 21.5 Å². The van der Waals surface area contributed by atoms with Crippen LogP contribution in [0.15, 0.2) is 71.1 Å². The Morgan fingerprint density at radius 1 is 1.00 bits per heavy atom. The second kappa shape index (κ2) is 7.09. The highest BCUT2D eigenvalue weighted by Gasteiger charge is 2.07. The number of carboxylic acid groups (broad SMARTS) is 1. The SMILES string of the molecule is O=C(O)c1ccc(C=Cc2ccc(-c3nc4ccccc4o3)cc2)c(Cl)c1. The number of para-hydroxylation sites is 2. The first-order valence-electron chi connectivity index (χ1n) is 8.27. The van der Waals surface area contributed by atoms with Gasteiger partial charge in [-0.2, -0.15) is 0 Å². The molecule has 0 saturated heterocycles. The van der Waals surface area contributed by atoms with E-state index in [1.165, 1.54) is 12.1 Å². The molecule has 1 aromatic heterocycles. The fraction of sp³-hybridized carbons (Fsp3) is 0. The quantitative estimate of drug-likeness (QED) is 0.443. The molecule has 0 saturated carbocycles. The Hall–Kier alpha value is -3.37. The second-order valence-electron chi connectivity index (χ2n) is 5.98. The predicted molar refractivity (Wildman–Crippen MR) is 107 cm³/mol. The highest BCUT2D eigenvalue weighted by Crippen LogP contribution is 2.25. The van der Waals surface area contributed by atoms with Gasteiger partial charge in [0.05, 0.1) is 5.56 Å². The van der Waals surface area contributed by atoms with Gasteiger partial charge in [0.15, 0.2) is 5.58 Å². The number of fused-ring (bicyclic) bond motifs is 1. The van der Waals surface area contributed by atoms with Crippen molar-refractivity contribution >= 4 is 40.8 Å². The van der Waals surface area contributed by atoms with Crippen molar-refractivity contribution < 1.29 is 14.3 Å². The van der Waals surface area contributed by atoms with Gasteiger partial charge < -0.3 is 9.52 Å². The highest BCUT2D eigenvalue weighted by molar-refractivity contribution is 6.32. The van der Waals surface area contributed by atoms with Gasteiger partial charge in [-0.1, -0.05) is 54.1 Å². The monoisotopic (exact) mass is 375 g/mol. The van der Waals surface area contributed by atoms with Gasteiger partial charge in [0.2, 0.25) is 5.89 Å². The van der Waals surface area contributed by atoms with Crippen molar-refractivity contribution in [3.8, 4) is 11.5 Å². The molecule has 132 valence electrons. The van der Waals surface area contributed by atoms with E-state index in [2.05, 4.69) is 4.98 Å². The standard InChI is InChI=1S/C22H14ClNO3/c23-18-13-17(22(25)26)12-11-15(18)8-5-14-6-9-16(10-7-14)21-24-19-3-1-2-4-20(19)27-21/h1-13H,(H,25,26). The summed E-state index contributed by atoms with van der Waals surface area (Å²) in [4.78, 5) is 15.5. The summed E-state index contributed by atoms with van der Waals surface area (Å²) in [6.45, 7) is 0. The van der Waals surface area contributed by atoms with Crippen molar-refractivity contribution in [2.75, 3.05) is 0 Å². The van der Waals surface area contributed by atoms with Crippen molar-refractivity contribution in [2.24, 2.45) is 0 Å². The van der Waals surface area contributed by atoms with Crippen molar-refractivity contribution in [2.45, 2.75) is 0 Å². The maximum atomic E-state index is 11.0. The van der Waals surface area contributed by atoms with Crippen LogP contribution in [-0.4, -0.2) is 16.1 Å². The Labute approximate surface area is 160 Å². The van der Waals surface area contributed by atoms with Gasteiger partial charge in [0, 0.05) is 10.6 Å². The van der Waals surface area contributed by atoms with Crippen LogP contribution in [0, 0.1) is 0 Å². The zero-order valence-corrected chi connectivity index (χ0v) is 14.9. The number of halogens is 1. The zero-order chi connectivity index (χ0) is 18.8. The average molecular weight is 376 g/mol. The van der Waals surface area contributed by atoms with Gasteiger partial charge in [-0.05, 0) is 47.5 Å². The van der Waals surface area contributed by atoms with Crippen LogP contribution >= 0.6 is 11.6 Å². The molecule has 1 N–H and O–H groups in total. The minimum absolute atomic E-state index is 0.167. The molecule has 0 unspecified atom stereocenters. The Kier molecular flexibility index (Phi) is 4.48. The van der Waals surface area contributed by atoms with E-state index in [1.807, 2.05) is 60.7 Å². The first-order valence-corrected chi connectivity index (χ1v) is 8.65. The zero-order valence-electron chi connectivity index (χ0n) is 14.1. The average Bonchev–Trinajstić information content (AvgIpc) is 3.11. The summed E-state index contributed by atoms with van der Waals surface area (Å²) >= 11 is 6.15. The molecule has 27 heavy (non-hydrogen) atoms. The molecular weight excluding hydrogens is 362 g/mol. The Balaban J connectivity index is 1.55. The van der Waals surface area contributed by atoms with Gasteiger partial charge in [-0.3, -0.25) is 0 Å². The normalized spacial score (nSPS) is 11.3. The molecule has 0 fully saturated rings. The van der Waals surface area contributed by atoms with E-state index in [0.717, 1.165) is 27.8 Å². The fourth-order valence-electron chi connectivity index (χ4n) is 2.71. The van der Waals surface area contributed by atoms with E-state index in [1.54, 1.807) is 6.07 Å². The number of aromatic carboxylic acids is 1. The molecule has 0 spiro atoms. The second-order valence-corrected chi connectivity index (χ2v) is 6.39. The lowest BCUT2D eigenvalue weighted by Crippen LogP contribution is -1.95. The van der Waals surface area contributed by atoms with Gasteiger partial charge >= 0.3 is 5.97 Å². The molecule has 5 heteroatoms. The number of carboxylic acids is 1. The van der Waals surface area contributed by atoms with Gasteiger partial charge in [-0.25, -0.2) is 9.78 Å². The van der Waals surface area contributed by atoms with Gasteiger partial charge in [0.1, 0.15) is 5.52 Å². The third-order valence-electron chi connectivity index (χ3n) is 4.15. The van der Waals surface area contributed by atoms with E-state index in [-0.39, 0.29) is 5.56 Å². The molecule has 1 heterocycles. The van der Waals surface area contributed by atoms with Crippen LogP contribution in [0.4, 0.5) is 0 Å². The first kappa shape index (κ1) is 17.1. The van der Waals surface area contributed by atoms with Crippen LogP contribution in [0.3, 0.4) is 0 Å². The number of benzene rings is 3.